The maximum absolute atomic E-state index is 12.1. The number of aryl methyl sites for hydroxylation is 1. The Balaban J connectivity index is 2.59. The Morgan fingerprint density at radius 3 is 2.29 bits per heavy atom. The number of carbonyl (C=O) groups is 2. The number of ether oxygens (including phenoxy) is 1. The lowest BCUT2D eigenvalue weighted by atomic mass is 10.1. The highest BCUT2D eigenvalue weighted by Gasteiger charge is 2.16. The number of carbonyl (C=O) groups excluding carboxylic acids is 2. The first-order valence-electron chi connectivity index (χ1n) is 7.28. The van der Waals surface area contributed by atoms with Gasteiger partial charge in [-0.3, -0.25) is 4.79 Å². The van der Waals surface area contributed by atoms with Gasteiger partial charge in [0.2, 0.25) is 10.0 Å². The molecule has 0 saturated carbocycles. The molecule has 24 heavy (non-hydrogen) atoms. The zero-order valence-electron chi connectivity index (χ0n) is 14.2. The molecule has 1 aromatic carbocycles. The van der Waals surface area contributed by atoms with Crippen molar-refractivity contribution >= 4 is 22.0 Å². The molecule has 4 N–H and O–H groups in total. The number of primary sulfonamides is 1. The van der Waals surface area contributed by atoms with Gasteiger partial charge in [-0.1, -0.05) is 6.07 Å². The van der Waals surface area contributed by atoms with Crippen molar-refractivity contribution in [3.63, 3.8) is 0 Å². The molecule has 9 heteroatoms. The van der Waals surface area contributed by atoms with E-state index in [1.165, 1.54) is 18.2 Å². The summed E-state index contributed by atoms with van der Waals surface area (Å²) in [7, 11) is -3.88. The number of nitrogens with two attached hydrogens (primary N) is 1. The van der Waals surface area contributed by atoms with Gasteiger partial charge in [0.15, 0.2) is 0 Å². The van der Waals surface area contributed by atoms with Gasteiger partial charge in [0.1, 0.15) is 5.60 Å². The lowest BCUT2D eigenvalue weighted by Crippen LogP contribution is -2.38. The number of alkyl carbamates (subject to hydrolysis) is 1. The van der Waals surface area contributed by atoms with Gasteiger partial charge >= 0.3 is 6.09 Å². The molecule has 1 rings (SSSR count). The Kier molecular flexibility index (Phi) is 6.33. The lowest BCUT2D eigenvalue weighted by Gasteiger charge is -2.19. The van der Waals surface area contributed by atoms with Crippen LogP contribution in [0, 0.1) is 6.92 Å². The van der Waals surface area contributed by atoms with Crippen molar-refractivity contribution in [2.45, 2.75) is 38.2 Å². The highest BCUT2D eigenvalue weighted by atomic mass is 32.2. The fourth-order valence-electron chi connectivity index (χ4n) is 1.77. The van der Waals surface area contributed by atoms with Crippen LogP contribution in [0.15, 0.2) is 23.1 Å². The van der Waals surface area contributed by atoms with E-state index in [1.807, 2.05) is 0 Å². The molecule has 2 amide bonds. The predicted octanol–water partition coefficient (Wildman–Crippen LogP) is 0.897. The predicted molar refractivity (Wildman–Crippen MR) is 89.1 cm³/mol. The molecule has 0 aromatic heterocycles. The van der Waals surface area contributed by atoms with Gasteiger partial charge in [-0.05, 0) is 45.4 Å². The fourth-order valence-corrected chi connectivity index (χ4v) is 2.31. The van der Waals surface area contributed by atoms with E-state index in [2.05, 4.69) is 10.6 Å². The van der Waals surface area contributed by atoms with Crippen LogP contribution in [0.2, 0.25) is 0 Å². The number of hydrogen-bond acceptors (Lipinski definition) is 5. The fraction of sp³-hybridized carbons (Fsp3) is 0.467. The summed E-state index contributed by atoms with van der Waals surface area (Å²) in [6, 6.07) is 4.07. The van der Waals surface area contributed by atoms with Crippen molar-refractivity contribution in [3.05, 3.63) is 29.3 Å². The molecule has 0 unspecified atom stereocenters. The third-order valence-corrected chi connectivity index (χ3v) is 3.77. The first kappa shape index (κ1) is 19.9. The number of sulfonamides is 1. The van der Waals surface area contributed by atoms with Crippen molar-refractivity contribution < 1.29 is 22.7 Å². The summed E-state index contributed by atoms with van der Waals surface area (Å²) in [4.78, 5) is 23.4. The molecule has 0 aliphatic rings. The van der Waals surface area contributed by atoms with Crippen molar-refractivity contribution in [1.82, 2.24) is 10.6 Å². The molecule has 1 aromatic rings. The second kappa shape index (κ2) is 7.63. The van der Waals surface area contributed by atoms with Crippen LogP contribution in [-0.4, -0.2) is 39.1 Å². The summed E-state index contributed by atoms with van der Waals surface area (Å²) in [5.74, 6) is -0.455. The highest BCUT2D eigenvalue weighted by molar-refractivity contribution is 7.89. The monoisotopic (exact) mass is 357 g/mol. The topological polar surface area (TPSA) is 128 Å². The Bertz CT molecular complexity index is 723. The van der Waals surface area contributed by atoms with E-state index in [0.29, 0.717) is 5.56 Å². The highest BCUT2D eigenvalue weighted by Crippen LogP contribution is 2.14. The molecule has 0 fully saturated rings. The maximum Gasteiger partial charge on any atom is 0.407 e. The van der Waals surface area contributed by atoms with Crippen molar-refractivity contribution in [2.75, 3.05) is 13.1 Å². The van der Waals surface area contributed by atoms with Crippen LogP contribution >= 0.6 is 0 Å². The first-order valence-corrected chi connectivity index (χ1v) is 8.83. The minimum atomic E-state index is -3.88. The van der Waals surface area contributed by atoms with E-state index >= 15 is 0 Å². The molecule has 8 nitrogen and oxygen atoms in total. The van der Waals surface area contributed by atoms with E-state index in [0.717, 1.165) is 0 Å². The normalized spacial score (nSPS) is 11.7. The van der Waals surface area contributed by atoms with Gasteiger partial charge in [-0.25, -0.2) is 18.4 Å². The molecule has 0 radical (unpaired) electrons. The summed E-state index contributed by atoms with van der Waals surface area (Å²) in [5, 5.41) is 10.2. The molecule has 0 bridgehead atoms. The van der Waals surface area contributed by atoms with Gasteiger partial charge in [-0.15, -0.1) is 0 Å². The molecule has 0 heterocycles. The third-order valence-electron chi connectivity index (χ3n) is 2.86. The maximum atomic E-state index is 12.1. The van der Waals surface area contributed by atoms with Crippen LogP contribution in [0.3, 0.4) is 0 Å². The molecule has 134 valence electrons. The molecule has 0 aliphatic heterocycles. The Labute approximate surface area is 141 Å². The summed E-state index contributed by atoms with van der Waals surface area (Å²) >= 11 is 0. The quantitative estimate of drug-likeness (QED) is 0.675. The van der Waals surface area contributed by atoms with Crippen molar-refractivity contribution in [1.29, 1.82) is 0 Å². The van der Waals surface area contributed by atoms with Gasteiger partial charge in [0, 0.05) is 18.7 Å². The van der Waals surface area contributed by atoms with E-state index in [1.54, 1.807) is 27.7 Å². The van der Waals surface area contributed by atoms with Crippen LogP contribution in [0.25, 0.3) is 0 Å². The Hall–Kier alpha value is -2.13. The van der Waals surface area contributed by atoms with Crippen LogP contribution < -0.4 is 15.8 Å². The minimum absolute atomic E-state index is 0.134. The molecule has 0 saturated heterocycles. The van der Waals surface area contributed by atoms with E-state index in [-0.39, 0.29) is 23.5 Å². The van der Waals surface area contributed by atoms with Gasteiger partial charge in [0.25, 0.3) is 5.91 Å². The van der Waals surface area contributed by atoms with Crippen LogP contribution in [0.5, 0.6) is 0 Å². The average molecular weight is 357 g/mol. The first-order chi connectivity index (χ1) is 10.9. The van der Waals surface area contributed by atoms with Gasteiger partial charge in [0.05, 0.1) is 4.90 Å². The molecular formula is C15H23N3O5S. The molecule has 0 spiro atoms. The third kappa shape index (κ3) is 6.55. The molecular weight excluding hydrogens is 334 g/mol. The summed E-state index contributed by atoms with van der Waals surface area (Å²) < 4.78 is 27.8. The SMILES string of the molecule is Cc1ccc(S(N)(=O)=O)cc1C(=O)NCCNC(=O)OC(C)(C)C. The zero-order valence-corrected chi connectivity index (χ0v) is 15.0. The molecule has 0 atom stereocenters. The smallest absolute Gasteiger partial charge is 0.407 e. The van der Waals surface area contributed by atoms with E-state index < -0.39 is 27.6 Å². The van der Waals surface area contributed by atoms with Crippen molar-refractivity contribution in [2.24, 2.45) is 5.14 Å². The van der Waals surface area contributed by atoms with Crippen LogP contribution in [0.1, 0.15) is 36.7 Å². The Morgan fingerprint density at radius 1 is 1.17 bits per heavy atom. The van der Waals surface area contributed by atoms with E-state index in [9.17, 15) is 18.0 Å². The number of benzene rings is 1. The lowest BCUT2D eigenvalue weighted by molar-refractivity contribution is 0.0526. The number of rotatable bonds is 5. The van der Waals surface area contributed by atoms with Gasteiger partial charge in [-0.2, -0.15) is 0 Å². The number of amides is 2. The summed E-state index contributed by atoms with van der Waals surface area (Å²) in [5.41, 5.74) is 0.220. The number of hydrogen-bond donors (Lipinski definition) is 3. The molecule has 0 aliphatic carbocycles. The second-order valence-electron chi connectivity index (χ2n) is 6.21. The summed E-state index contributed by atoms with van der Waals surface area (Å²) in [6.45, 7) is 7.26. The van der Waals surface area contributed by atoms with E-state index in [4.69, 9.17) is 9.88 Å². The average Bonchev–Trinajstić information content (AvgIpc) is 2.40. The standard InChI is InChI=1S/C15H23N3O5S/c1-10-5-6-11(24(16,21)22)9-12(10)13(19)17-7-8-18-14(20)23-15(2,3)4/h5-6,9H,7-8H2,1-4H3,(H,17,19)(H,18,20)(H2,16,21,22). The van der Waals surface area contributed by atoms with Crippen LogP contribution in [-0.2, 0) is 14.8 Å². The van der Waals surface area contributed by atoms with Crippen LogP contribution in [0.4, 0.5) is 4.79 Å². The minimum Gasteiger partial charge on any atom is -0.444 e. The zero-order chi connectivity index (χ0) is 18.5. The van der Waals surface area contributed by atoms with Crippen molar-refractivity contribution in [3.8, 4) is 0 Å². The Morgan fingerprint density at radius 2 is 1.75 bits per heavy atom. The largest absolute Gasteiger partial charge is 0.444 e. The summed E-state index contributed by atoms with van der Waals surface area (Å²) in [6.07, 6.45) is -0.579. The second-order valence-corrected chi connectivity index (χ2v) is 7.77. The number of nitrogens with one attached hydrogen (secondary N) is 2. The van der Waals surface area contributed by atoms with Gasteiger partial charge < -0.3 is 15.4 Å².